The van der Waals surface area contributed by atoms with Gasteiger partial charge in [-0.3, -0.25) is 0 Å². The molecule has 2 unspecified atom stereocenters. The van der Waals surface area contributed by atoms with Gasteiger partial charge in [-0.05, 0) is 55.5 Å². The zero-order valence-electron chi connectivity index (χ0n) is 13.0. The summed E-state index contributed by atoms with van der Waals surface area (Å²) < 4.78 is 27.2. The molecule has 1 N–H and O–H groups in total. The fourth-order valence-corrected chi connectivity index (χ4v) is 5.00. The summed E-state index contributed by atoms with van der Waals surface area (Å²) in [5.74, 6) is 1.14. The van der Waals surface area contributed by atoms with Crippen LogP contribution >= 0.6 is 12.4 Å². The van der Waals surface area contributed by atoms with E-state index in [1.54, 1.807) is 16.4 Å². The van der Waals surface area contributed by atoms with Crippen molar-refractivity contribution in [2.24, 2.45) is 11.8 Å². The number of nitrogens with one attached hydrogen (secondary N) is 1. The van der Waals surface area contributed by atoms with Gasteiger partial charge in [-0.2, -0.15) is 4.31 Å². The van der Waals surface area contributed by atoms with E-state index in [0.29, 0.717) is 29.8 Å². The van der Waals surface area contributed by atoms with E-state index in [-0.39, 0.29) is 12.4 Å². The Morgan fingerprint density at radius 1 is 1.18 bits per heavy atom. The second-order valence-corrected chi connectivity index (χ2v) is 8.16. The van der Waals surface area contributed by atoms with Gasteiger partial charge in [0.15, 0.2) is 0 Å². The Balaban J connectivity index is 0.00000176. The van der Waals surface area contributed by atoms with Crippen molar-refractivity contribution >= 4 is 22.4 Å². The van der Waals surface area contributed by atoms with Crippen LogP contribution in [0.2, 0.25) is 0 Å². The quantitative estimate of drug-likeness (QED) is 0.911. The molecule has 2 atom stereocenters. The molecule has 2 heterocycles. The summed E-state index contributed by atoms with van der Waals surface area (Å²) in [7, 11) is -3.33. The number of benzene rings is 1. The summed E-state index contributed by atoms with van der Waals surface area (Å²) >= 11 is 0. The number of aryl methyl sites for hydroxylation is 1. The third-order valence-corrected chi connectivity index (χ3v) is 6.65. The maximum absolute atomic E-state index is 12.8. The van der Waals surface area contributed by atoms with Crippen LogP contribution in [-0.4, -0.2) is 38.9 Å². The topological polar surface area (TPSA) is 49.4 Å². The molecule has 3 rings (SSSR count). The van der Waals surface area contributed by atoms with Gasteiger partial charge in [0.2, 0.25) is 10.0 Å². The van der Waals surface area contributed by atoms with Gasteiger partial charge in [-0.1, -0.05) is 25.5 Å². The maximum Gasteiger partial charge on any atom is 0.243 e. The Labute approximate surface area is 139 Å². The lowest BCUT2D eigenvalue weighted by Crippen LogP contribution is -2.43. The van der Waals surface area contributed by atoms with Crippen LogP contribution in [0.1, 0.15) is 25.3 Å². The lowest BCUT2D eigenvalue weighted by molar-refractivity contribution is 0.228. The molecule has 1 aromatic carbocycles. The van der Waals surface area contributed by atoms with Crippen LogP contribution < -0.4 is 5.32 Å². The molecule has 0 aromatic heterocycles. The molecule has 0 amide bonds. The largest absolute Gasteiger partial charge is 0.316 e. The summed E-state index contributed by atoms with van der Waals surface area (Å²) in [6, 6.07) is 7.42. The van der Waals surface area contributed by atoms with Crippen LogP contribution in [0.25, 0.3) is 0 Å². The molecule has 2 saturated heterocycles. The fraction of sp³-hybridized carbons (Fsp3) is 0.625. The van der Waals surface area contributed by atoms with Crippen LogP contribution in [0.15, 0.2) is 29.2 Å². The molecule has 6 heteroatoms. The SMILES string of the molecule is CCCc1ccc(S(=O)(=O)N2CCC3CNCC3C2)cc1.Cl. The first kappa shape index (κ1) is 17.7. The van der Waals surface area contributed by atoms with Crippen molar-refractivity contribution in [1.29, 1.82) is 0 Å². The lowest BCUT2D eigenvalue weighted by atomic mass is 9.90. The second kappa shape index (κ2) is 7.30. The van der Waals surface area contributed by atoms with Crippen molar-refractivity contribution in [2.75, 3.05) is 26.2 Å². The number of hydrogen-bond donors (Lipinski definition) is 1. The van der Waals surface area contributed by atoms with Gasteiger partial charge in [-0.25, -0.2) is 8.42 Å². The van der Waals surface area contributed by atoms with Gasteiger partial charge in [0.25, 0.3) is 0 Å². The summed E-state index contributed by atoms with van der Waals surface area (Å²) in [5.41, 5.74) is 1.20. The first-order valence-corrected chi connectivity index (χ1v) is 9.35. The summed E-state index contributed by atoms with van der Waals surface area (Å²) in [6.45, 7) is 5.44. The molecule has 0 radical (unpaired) electrons. The predicted molar refractivity (Wildman–Crippen MR) is 90.9 cm³/mol. The molecule has 124 valence electrons. The third-order valence-electron chi connectivity index (χ3n) is 4.77. The van der Waals surface area contributed by atoms with E-state index in [2.05, 4.69) is 12.2 Å². The highest BCUT2D eigenvalue weighted by molar-refractivity contribution is 7.89. The van der Waals surface area contributed by atoms with Gasteiger partial charge in [0.1, 0.15) is 0 Å². The summed E-state index contributed by atoms with van der Waals surface area (Å²) in [6.07, 6.45) is 3.05. The number of fused-ring (bicyclic) bond motifs is 1. The van der Waals surface area contributed by atoms with E-state index >= 15 is 0 Å². The van der Waals surface area contributed by atoms with Gasteiger partial charge in [0, 0.05) is 13.1 Å². The molecule has 1 aromatic rings. The minimum absolute atomic E-state index is 0. The van der Waals surface area contributed by atoms with Crippen LogP contribution in [0, 0.1) is 11.8 Å². The van der Waals surface area contributed by atoms with E-state index in [0.717, 1.165) is 32.4 Å². The number of sulfonamides is 1. The molecular weight excluding hydrogens is 320 g/mol. The van der Waals surface area contributed by atoms with Crippen molar-refractivity contribution in [3.05, 3.63) is 29.8 Å². The Morgan fingerprint density at radius 3 is 2.55 bits per heavy atom. The summed E-state index contributed by atoms with van der Waals surface area (Å²) in [5, 5.41) is 3.38. The molecule has 2 aliphatic heterocycles. The molecule has 2 fully saturated rings. The Morgan fingerprint density at radius 2 is 1.86 bits per heavy atom. The normalized spacial score (nSPS) is 25.5. The number of hydrogen-bond acceptors (Lipinski definition) is 3. The predicted octanol–water partition coefficient (Wildman–Crippen LogP) is 2.29. The minimum atomic E-state index is -3.33. The highest BCUT2D eigenvalue weighted by atomic mass is 35.5. The van der Waals surface area contributed by atoms with Gasteiger partial charge in [0.05, 0.1) is 4.90 Å². The molecule has 0 bridgehead atoms. The van der Waals surface area contributed by atoms with Gasteiger partial charge < -0.3 is 5.32 Å². The monoisotopic (exact) mass is 344 g/mol. The fourth-order valence-electron chi connectivity index (χ4n) is 3.49. The number of halogens is 1. The van der Waals surface area contributed by atoms with Crippen molar-refractivity contribution in [2.45, 2.75) is 31.1 Å². The first-order valence-electron chi connectivity index (χ1n) is 7.91. The second-order valence-electron chi connectivity index (χ2n) is 6.22. The summed E-state index contributed by atoms with van der Waals surface area (Å²) in [4.78, 5) is 0.437. The number of piperidine rings is 1. The highest BCUT2D eigenvalue weighted by Gasteiger charge is 2.37. The lowest BCUT2D eigenvalue weighted by Gasteiger charge is -2.33. The molecule has 0 spiro atoms. The van der Waals surface area contributed by atoms with E-state index in [4.69, 9.17) is 0 Å². The van der Waals surface area contributed by atoms with E-state index in [1.807, 2.05) is 12.1 Å². The molecule has 4 nitrogen and oxygen atoms in total. The van der Waals surface area contributed by atoms with E-state index in [9.17, 15) is 8.42 Å². The molecule has 2 aliphatic rings. The van der Waals surface area contributed by atoms with E-state index < -0.39 is 10.0 Å². The van der Waals surface area contributed by atoms with Crippen molar-refractivity contribution in [3.8, 4) is 0 Å². The zero-order chi connectivity index (χ0) is 14.9. The number of nitrogens with zero attached hydrogens (tertiary/aromatic N) is 1. The average molecular weight is 345 g/mol. The Bertz CT molecular complexity index is 589. The van der Waals surface area contributed by atoms with Crippen molar-refractivity contribution in [3.63, 3.8) is 0 Å². The number of rotatable bonds is 4. The van der Waals surface area contributed by atoms with Crippen LogP contribution in [0.3, 0.4) is 0 Å². The maximum atomic E-state index is 12.8. The van der Waals surface area contributed by atoms with Crippen molar-refractivity contribution < 1.29 is 8.42 Å². The van der Waals surface area contributed by atoms with Crippen LogP contribution in [0.5, 0.6) is 0 Å². The Hall–Kier alpha value is -0.620. The van der Waals surface area contributed by atoms with Gasteiger partial charge in [-0.15, -0.1) is 12.4 Å². The van der Waals surface area contributed by atoms with Crippen molar-refractivity contribution in [1.82, 2.24) is 9.62 Å². The van der Waals surface area contributed by atoms with E-state index in [1.165, 1.54) is 5.56 Å². The van der Waals surface area contributed by atoms with Gasteiger partial charge >= 0.3 is 0 Å². The highest BCUT2D eigenvalue weighted by Crippen LogP contribution is 2.30. The zero-order valence-corrected chi connectivity index (χ0v) is 14.6. The smallest absolute Gasteiger partial charge is 0.243 e. The molecule has 0 saturated carbocycles. The van der Waals surface area contributed by atoms with Crippen LogP contribution in [0.4, 0.5) is 0 Å². The minimum Gasteiger partial charge on any atom is -0.316 e. The van der Waals surface area contributed by atoms with Crippen LogP contribution in [-0.2, 0) is 16.4 Å². The molecule has 0 aliphatic carbocycles. The molecule has 22 heavy (non-hydrogen) atoms. The Kier molecular flexibility index (Phi) is 5.88. The standard InChI is InChI=1S/C16H24N2O2S.ClH/c1-2-3-13-4-6-16(7-5-13)21(19,20)18-9-8-14-10-17-11-15(14)12-18;/h4-7,14-15,17H,2-3,8-12H2,1H3;1H. The molecular formula is C16H25ClN2O2S. The first-order chi connectivity index (χ1) is 10.1. The average Bonchev–Trinajstić information content (AvgIpc) is 2.95. The third kappa shape index (κ3) is 3.48.